The Balaban J connectivity index is 2.05. The van der Waals surface area contributed by atoms with Crippen molar-refractivity contribution in [3.63, 3.8) is 0 Å². The molecule has 0 aromatic heterocycles. The van der Waals surface area contributed by atoms with Crippen molar-refractivity contribution in [3.8, 4) is 0 Å². The monoisotopic (exact) mass is 369 g/mol. The third kappa shape index (κ3) is 5.19. The average Bonchev–Trinajstić information content (AvgIpc) is 2.85. The Kier molecular flexibility index (Phi) is 5.79. The first-order valence-corrected chi connectivity index (χ1v) is 9.88. The molecule has 0 saturated carbocycles. The van der Waals surface area contributed by atoms with Crippen molar-refractivity contribution in [1.82, 2.24) is 4.90 Å². The maximum Gasteiger partial charge on any atom is 0.410 e. The van der Waals surface area contributed by atoms with E-state index in [4.69, 9.17) is 8.92 Å². The van der Waals surface area contributed by atoms with E-state index in [1.165, 1.54) is 12.1 Å². The van der Waals surface area contributed by atoms with Gasteiger partial charge in [0.05, 0.1) is 17.5 Å². The fourth-order valence-electron chi connectivity index (χ4n) is 2.82. The van der Waals surface area contributed by atoms with Crippen LogP contribution in [-0.4, -0.2) is 43.7 Å². The molecule has 2 atom stereocenters. The molecule has 1 fully saturated rings. The summed E-state index contributed by atoms with van der Waals surface area (Å²) >= 11 is 0. The van der Waals surface area contributed by atoms with Crippen LogP contribution >= 0.6 is 0 Å². The van der Waals surface area contributed by atoms with Crippen molar-refractivity contribution >= 4 is 16.2 Å². The van der Waals surface area contributed by atoms with Crippen molar-refractivity contribution in [2.75, 3.05) is 6.61 Å². The predicted molar refractivity (Wildman–Crippen MR) is 94.9 cm³/mol. The molecule has 1 aliphatic rings. The third-order valence-corrected chi connectivity index (χ3v) is 5.41. The number of hydrogen-bond acceptors (Lipinski definition) is 5. The van der Waals surface area contributed by atoms with Crippen LogP contribution in [0.25, 0.3) is 0 Å². The van der Waals surface area contributed by atoms with Gasteiger partial charge in [-0.2, -0.15) is 8.42 Å². The van der Waals surface area contributed by atoms with Crippen LogP contribution in [0, 0.1) is 6.92 Å². The number of aryl methyl sites for hydroxylation is 1. The highest BCUT2D eigenvalue weighted by Gasteiger charge is 2.38. The topological polar surface area (TPSA) is 72.9 Å². The molecule has 1 aliphatic heterocycles. The van der Waals surface area contributed by atoms with Gasteiger partial charge in [-0.25, -0.2) is 4.79 Å². The van der Waals surface area contributed by atoms with Crippen LogP contribution in [0.1, 0.15) is 46.1 Å². The second-order valence-electron chi connectivity index (χ2n) is 7.52. The lowest BCUT2D eigenvalue weighted by Crippen LogP contribution is -2.45. The van der Waals surface area contributed by atoms with Gasteiger partial charge in [0.25, 0.3) is 10.1 Å². The molecule has 1 heterocycles. The maximum atomic E-state index is 12.4. The second-order valence-corrected chi connectivity index (χ2v) is 9.13. The smallest absolute Gasteiger partial charge is 0.410 e. The highest BCUT2D eigenvalue weighted by molar-refractivity contribution is 7.86. The summed E-state index contributed by atoms with van der Waals surface area (Å²) in [5, 5.41) is 0. The Morgan fingerprint density at radius 1 is 1.20 bits per heavy atom. The van der Waals surface area contributed by atoms with Gasteiger partial charge >= 0.3 is 6.09 Å². The number of likely N-dealkylation sites (tertiary alicyclic amines) is 1. The van der Waals surface area contributed by atoms with Gasteiger partial charge in [0, 0.05) is 6.04 Å². The van der Waals surface area contributed by atoms with E-state index in [2.05, 4.69) is 0 Å². The summed E-state index contributed by atoms with van der Waals surface area (Å²) in [4.78, 5) is 14.1. The van der Waals surface area contributed by atoms with Crippen molar-refractivity contribution < 1.29 is 22.1 Å². The summed E-state index contributed by atoms with van der Waals surface area (Å²) in [6, 6.07) is 6.17. The van der Waals surface area contributed by atoms with Crippen molar-refractivity contribution in [1.29, 1.82) is 0 Å². The number of carbonyl (C=O) groups excluding carboxylic acids is 1. The zero-order valence-corrected chi connectivity index (χ0v) is 16.3. The van der Waals surface area contributed by atoms with Crippen LogP contribution in [0.4, 0.5) is 4.79 Å². The lowest BCUT2D eigenvalue weighted by atomic mass is 10.2. The zero-order chi connectivity index (χ0) is 18.8. The number of amides is 1. The van der Waals surface area contributed by atoms with Gasteiger partial charge in [0.1, 0.15) is 5.60 Å². The van der Waals surface area contributed by atoms with E-state index >= 15 is 0 Å². The molecule has 25 heavy (non-hydrogen) atoms. The Bertz CT molecular complexity index is 706. The molecule has 1 saturated heterocycles. The van der Waals surface area contributed by atoms with Crippen LogP contribution in [0.3, 0.4) is 0 Å². The van der Waals surface area contributed by atoms with E-state index in [0.29, 0.717) is 6.42 Å². The number of benzene rings is 1. The van der Waals surface area contributed by atoms with Crippen LogP contribution < -0.4 is 0 Å². The first-order valence-electron chi connectivity index (χ1n) is 8.47. The van der Waals surface area contributed by atoms with Gasteiger partial charge in [-0.1, -0.05) is 17.7 Å². The fraction of sp³-hybridized carbons (Fsp3) is 0.611. The van der Waals surface area contributed by atoms with Gasteiger partial charge in [0.15, 0.2) is 0 Å². The fourth-order valence-corrected chi connectivity index (χ4v) is 3.76. The summed E-state index contributed by atoms with van der Waals surface area (Å²) in [5.74, 6) is 0. The summed E-state index contributed by atoms with van der Waals surface area (Å²) < 4.78 is 35.3. The zero-order valence-electron chi connectivity index (χ0n) is 15.5. The highest BCUT2D eigenvalue weighted by Crippen LogP contribution is 2.27. The highest BCUT2D eigenvalue weighted by atomic mass is 32.2. The van der Waals surface area contributed by atoms with Crippen LogP contribution in [0.2, 0.25) is 0 Å². The first-order chi connectivity index (χ1) is 11.5. The van der Waals surface area contributed by atoms with E-state index in [1.54, 1.807) is 37.8 Å². The molecule has 1 aromatic carbocycles. The SMILES string of the molecule is Cc1ccc(S(=O)(=O)OC[C@@H]2CC[C@H](C)N2C(=O)OC(C)(C)C)cc1. The minimum absolute atomic E-state index is 0.00877. The Hall–Kier alpha value is -1.60. The molecular formula is C18H27NO5S. The van der Waals surface area contributed by atoms with E-state index < -0.39 is 21.8 Å². The quantitative estimate of drug-likeness (QED) is 0.760. The standard InChI is InChI=1S/C18H27NO5S/c1-13-6-10-16(11-7-13)25(21,22)23-12-15-9-8-14(2)19(15)17(20)24-18(3,4)5/h6-7,10-11,14-15H,8-9,12H2,1-5H3/t14-,15-/m0/s1. The van der Waals surface area contributed by atoms with Gasteiger partial charge in [-0.15, -0.1) is 0 Å². The predicted octanol–water partition coefficient (Wildman–Crippen LogP) is 3.49. The minimum atomic E-state index is -3.85. The van der Waals surface area contributed by atoms with E-state index in [9.17, 15) is 13.2 Å². The lowest BCUT2D eigenvalue weighted by Gasteiger charge is -2.31. The van der Waals surface area contributed by atoms with Gasteiger partial charge in [-0.3, -0.25) is 4.18 Å². The summed E-state index contributed by atoms with van der Waals surface area (Å²) in [6.07, 6.45) is 1.04. The normalized spacial score (nSPS) is 21.4. The molecule has 0 radical (unpaired) electrons. The van der Waals surface area contributed by atoms with Crippen LogP contribution in [0.15, 0.2) is 29.2 Å². The summed E-state index contributed by atoms with van der Waals surface area (Å²) in [6.45, 7) is 9.16. The van der Waals surface area contributed by atoms with Gasteiger partial charge in [-0.05, 0) is 59.6 Å². The molecule has 0 unspecified atom stereocenters. The largest absolute Gasteiger partial charge is 0.444 e. The number of hydrogen-bond donors (Lipinski definition) is 0. The molecule has 140 valence electrons. The number of nitrogens with zero attached hydrogens (tertiary/aromatic N) is 1. The van der Waals surface area contributed by atoms with Crippen molar-refractivity contribution in [3.05, 3.63) is 29.8 Å². The molecule has 6 nitrogen and oxygen atoms in total. The molecule has 0 bridgehead atoms. The second kappa shape index (κ2) is 7.33. The number of rotatable bonds is 4. The van der Waals surface area contributed by atoms with Crippen LogP contribution in [0.5, 0.6) is 0 Å². The van der Waals surface area contributed by atoms with Crippen molar-refractivity contribution in [2.24, 2.45) is 0 Å². The Morgan fingerprint density at radius 3 is 2.36 bits per heavy atom. The molecule has 0 N–H and O–H groups in total. The number of carbonyl (C=O) groups is 1. The Labute approximate surface area is 150 Å². The molecule has 0 spiro atoms. The van der Waals surface area contributed by atoms with Crippen LogP contribution in [-0.2, 0) is 19.0 Å². The molecule has 1 aromatic rings. The lowest BCUT2D eigenvalue weighted by molar-refractivity contribution is 0.0119. The summed E-state index contributed by atoms with van der Waals surface area (Å²) in [5.41, 5.74) is 0.373. The first kappa shape index (κ1) is 19.7. The minimum Gasteiger partial charge on any atom is -0.444 e. The maximum absolute atomic E-state index is 12.4. The van der Waals surface area contributed by atoms with E-state index in [-0.39, 0.29) is 23.6 Å². The average molecular weight is 369 g/mol. The van der Waals surface area contributed by atoms with Gasteiger partial charge in [0.2, 0.25) is 0 Å². The van der Waals surface area contributed by atoms with E-state index in [0.717, 1.165) is 12.0 Å². The molecule has 7 heteroatoms. The van der Waals surface area contributed by atoms with Crippen molar-refractivity contribution in [2.45, 2.75) is 70.0 Å². The third-order valence-electron chi connectivity index (χ3n) is 4.12. The molecular weight excluding hydrogens is 342 g/mol. The molecule has 1 amide bonds. The molecule has 0 aliphatic carbocycles. The molecule has 2 rings (SSSR count). The van der Waals surface area contributed by atoms with Gasteiger partial charge < -0.3 is 9.64 Å². The summed E-state index contributed by atoms with van der Waals surface area (Å²) in [7, 11) is -3.85. The van der Waals surface area contributed by atoms with E-state index in [1.807, 2.05) is 13.8 Å². The Morgan fingerprint density at radius 2 is 1.80 bits per heavy atom. The number of ether oxygens (including phenoxy) is 1.